The molecule has 2 fully saturated rings. The Hall–Kier alpha value is -2.96. The third kappa shape index (κ3) is 3.92. The monoisotopic (exact) mass is 365 g/mol. The molecule has 0 spiro atoms. The van der Waals surface area contributed by atoms with Crippen LogP contribution in [0.4, 0.5) is 17.2 Å². The van der Waals surface area contributed by atoms with Gasteiger partial charge in [-0.2, -0.15) is 0 Å². The van der Waals surface area contributed by atoms with Gasteiger partial charge in [-0.25, -0.2) is 4.98 Å². The Morgan fingerprint density at radius 1 is 1.07 bits per heavy atom. The van der Waals surface area contributed by atoms with Crippen LogP contribution in [0.2, 0.25) is 0 Å². The minimum Gasteiger partial charge on any atom is -0.355 e. The molecule has 7 nitrogen and oxygen atoms in total. The lowest BCUT2D eigenvalue weighted by molar-refractivity contribution is -0.120. The van der Waals surface area contributed by atoms with E-state index in [0.29, 0.717) is 6.42 Å². The number of rotatable bonds is 4. The number of carbonyl (C=O) groups excluding carboxylic acids is 2. The highest BCUT2D eigenvalue weighted by molar-refractivity contribution is 5.96. The van der Waals surface area contributed by atoms with Crippen LogP contribution >= 0.6 is 0 Å². The number of piperidine rings is 1. The van der Waals surface area contributed by atoms with Gasteiger partial charge in [-0.3, -0.25) is 14.6 Å². The molecule has 1 aromatic heterocycles. The predicted molar refractivity (Wildman–Crippen MR) is 104 cm³/mol. The molecule has 2 aliphatic rings. The summed E-state index contributed by atoms with van der Waals surface area (Å²) in [6.45, 7) is 2.37. The molecular weight excluding hydrogens is 342 g/mol. The molecule has 0 aliphatic carbocycles. The predicted octanol–water partition coefficient (Wildman–Crippen LogP) is 2.46. The summed E-state index contributed by atoms with van der Waals surface area (Å²) >= 11 is 0. The average molecular weight is 365 g/mol. The van der Waals surface area contributed by atoms with Crippen molar-refractivity contribution in [2.24, 2.45) is 5.92 Å². The van der Waals surface area contributed by atoms with Crippen molar-refractivity contribution < 1.29 is 9.59 Å². The van der Waals surface area contributed by atoms with Gasteiger partial charge in [0.1, 0.15) is 5.82 Å². The summed E-state index contributed by atoms with van der Waals surface area (Å²) in [6.07, 6.45) is 8.22. The van der Waals surface area contributed by atoms with Crippen LogP contribution in [0.3, 0.4) is 0 Å². The molecule has 0 bridgehead atoms. The molecule has 0 atom stereocenters. The van der Waals surface area contributed by atoms with Crippen LogP contribution in [0, 0.1) is 5.92 Å². The van der Waals surface area contributed by atoms with Crippen LogP contribution in [0.25, 0.3) is 0 Å². The van der Waals surface area contributed by atoms with Crippen molar-refractivity contribution in [3.05, 3.63) is 42.9 Å². The molecule has 7 heteroatoms. The molecular formula is C20H23N5O2. The zero-order valence-electron chi connectivity index (χ0n) is 15.2. The Labute approximate surface area is 158 Å². The van der Waals surface area contributed by atoms with E-state index in [1.54, 1.807) is 23.5 Å². The normalized spacial score (nSPS) is 18.0. The van der Waals surface area contributed by atoms with Crippen LogP contribution in [0.15, 0.2) is 42.9 Å². The van der Waals surface area contributed by atoms with Gasteiger partial charge in [-0.1, -0.05) is 0 Å². The number of benzene rings is 1. The lowest BCUT2D eigenvalue weighted by Gasteiger charge is -2.31. The maximum absolute atomic E-state index is 12.6. The van der Waals surface area contributed by atoms with E-state index in [1.165, 1.54) is 0 Å². The van der Waals surface area contributed by atoms with E-state index in [4.69, 9.17) is 0 Å². The van der Waals surface area contributed by atoms with Gasteiger partial charge in [0.05, 0.1) is 6.20 Å². The van der Waals surface area contributed by atoms with E-state index in [0.717, 1.165) is 56.1 Å². The standard InChI is InChI=1S/C20H23N5O2/c26-19-2-1-11-25(19)17-5-3-16(4-6-17)23-20(27)15-7-12-24(13-8-15)18-14-21-9-10-22-18/h3-6,9-10,14-15H,1-2,7-8,11-13H2,(H,23,27). The molecule has 4 rings (SSSR count). The van der Waals surface area contributed by atoms with Crippen LogP contribution in [-0.4, -0.2) is 41.4 Å². The summed E-state index contributed by atoms with van der Waals surface area (Å²) in [5, 5.41) is 3.01. The topological polar surface area (TPSA) is 78.4 Å². The SMILES string of the molecule is O=C(Nc1ccc(N2CCCC2=O)cc1)C1CCN(c2cnccn2)CC1. The first-order chi connectivity index (χ1) is 13.2. The second-order valence-electron chi connectivity index (χ2n) is 7.01. The fraction of sp³-hybridized carbons (Fsp3) is 0.400. The first-order valence-corrected chi connectivity index (χ1v) is 9.43. The number of nitrogens with one attached hydrogen (secondary N) is 1. The summed E-state index contributed by atoms with van der Waals surface area (Å²) in [5.41, 5.74) is 1.67. The highest BCUT2D eigenvalue weighted by Crippen LogP contribution is 2.25. The van der Waals surface area contributed by atoms with E-state index in [2.05, 4.69) is 20.2 Å². The van der Waals surface area contributed by atoms with Crippen molar-refractivity contribution in [1.29, 1.82) is 0 Å². The number of aromatic nitrogens is 2. The first kappa shape index (κ1) is 17.5. The van der Waals surface area contributed by atoms with Crippen molar-refractivity contribution in [3.63, 3.8) is 0 Å². The van der Waals surface area contributed by atoms with Gasteiger partial charge in [0.2, 0.25) is 11.8 Å². The molecule has 1 aromatic carbocycles. The summed E-state index contributed by atoms with van der Waals surface area (Å²) < 4.78 is 0. The lowest BCUT2D eigenvalue weighted by Crippen LogP contribution is -2.38. The summed E-state index contributed by atoms with van der Waals surface area (Å²) in [4.78, 5) is 36.8. The zero-order valence-corrected chi connectivity index (χ0v) is 15.2. The second-order valence-corrected chi connectivity index (χ2v) is 7.01. The van der Waals surface area contributed by atoms with E-state index in [-0.39, 0.29) is 17.7 Å². The molecule has 2 aromatic rings. The number of hydrogen-bond acceptors (Lipinski definition) is 5. The molecule has 3 heterocycles. The number of carbonyl (C=O) groups is 2. The van der Waals surface area contributed by atoms with Crippen molar-refractivity contribution in [2.45, 2.75) is 25.7 Å². The van der Waals surface area contributed by atoms with E-state index in [9.17, 15) is 9.59 Å². The molecule has 2 amide bonds. The minimum absolute atomic E-state index is 0.00208. The van der Waals surface area contributed by atoms with E-state index < -0.39 is 0 Å². The van der Waals surface area contributed by atoms with Crippen LogP contribution in [0.1, 0.15) is 25.7 Å². The van der Waals surface area contributed by atoms with Crippen molar-refractivity contribution in [2.75, 3.05) is 34.8 Å². The van der Waals surface area contributed by atoms with Crippen molar-refractivity contribution >= 4 is 29.0 Å². The fourth-order valence-corrected chi connectivity index (χ4v) is 3.72. The van der Waals surface area contributed by atoms with Gasteiger partial charge in [-0.15, -0.1) is 0 Å². The molecule has 2 aliphatic heterocycles. The number of amides is 2. The summed E-state index contributed by atoms with van der Waals surface area (Å²) in [5.74, 6) is 1.08. The van der Waals surface area contributed by atoms with E-state index in [1.807, 2.05) is 24.3 Å². The Balaban J connectivity index is 1.31. The number of hydrogen-bond donors (Lipinski definition) is 1. The maximum Gasteiger partial charge on any atom is 0.227 e. The third-order valence-electron chi connectivity index (χ3n) is 5.26. The number of nitrogens with zero attached hydrogens (tertiary/aromatic N) is 4. The van der Waals surface area contributed by atoms with Gasteiger partial charge >= 0.3 is 0 Å². The molecule has 2 saturated heterocycles. The fourth-order valence-electron chi connectivity index (χ4n) is 3.72. The Morgan fingerprint density at radius 3 is 2.48 bits per heavy atom. The van der Waals surface area contributed by atoms with Gasteiger partial charge in [0, 0.05) is 55.7 Å². The average Bonchev–Trinajstić information content (AvgIpc) is 3.15. The highest BCUT2D eigenvalue weighted by atomic mass is 16.2. The third-order valence-corrected chi connectivity index (χ3v) is 5.26. The molecule has 140 valence electrons. The summed E-state index contributed by atoms with van der Waals surface area (Å²) in [7, 11) is 0. The van der Waals surface area contributed by atoms with Crippen molar-refractivity contribution in [1.82, 2.24) is 9.97 Å². The Kier molecular flexibility index (Phi) is 5.00. The van der Waals surface area contributed by atoms with Gasteiger partial charge in [0.25, 0.3) is 0 Å². The lowest BCUT2D eigenvalue weighted by atomic mass is 9.96. The van der Waals surface area contributed by atoms with Crippen LogP contribution < -0.4 is 15.1 Å². The van der Waals surface area contributed by atoms with Crippen LogP contribution in [0.5, 0.6) is 0 Å². The van der Waals surface area contributed by atoms with Crippen LogP contribution in [-0.2, 0) is 9.59 Å². The maximum atomic E-state index is 12.6. The molecule has 27 heavy (non-hydrogen) atoms. The highest BCUT2D eigenvalue weighted by Gasteiger charge is 2.26. The quantitative estimate of drug-likeness (QED) is 0.900. The Morgan fingerprint density at radius 2 is 1.85 bits per heavy atom. The van der Waals surface area contributed by atoms with E-state index >= 15 is 0 Å². The number of anilines is 3. The smallest absolute Gasteiger partial charge is 0.227 e. The van der Waals surface area contributed by atoms with Gasteiger partial charge < -0.3 is 15.1 Å². The molecule has 0 radical (unpaired) electrons. The second kappa shape index (κ2) is 7.73. The largest absolute Gasteiger partial charge is 0.355 e. The zero-order chi connectivity index (χ0) is 18.6. The molecule has 0 unspecified atom stereocenters. The van der Waals surface area contributed by atoms with Gasteiger partial charge in [-0.05, 0) is 43.5 Å². The van der Waals surface area contributed by atoms with Gasteiger partial charge in [0.15, 0.2) is 0 Å². The molecule has 1 N–H and O–H groups in total. The minimum atomic E-state index is -0.00208. The molecule has 0 saturated carbocycles. The first-order valence-electron chi connectivity index (χ1n) is 9.43. The Bertz CT molecular complexity index is 801. The van der Waals surface area contributed by atoms with Crippen molar-refractivity contribution in [3.8, 4) is 0 Å². The summed E-state index contributed by atoms with van der Waals surface area (Å²) in [6, 6.07) is 7.53.